The van der Waals surface area contributed by atoms with Gasteiger partial charge in [0.25, 0.3) is 0 Å². The molecule has 0 saturated carbocycles. The van der Waals surface area contributed by atoms with Crippen LogP contribution in [0.5, 0.6) is 11.5 Å². The minimum absolute atomic E-state index is 0.0345. The van der Waals surface area contributed by atoms with E-state index in [-0.39, 0.29) is 6.04 Å². The van der Waals surface area contributed by atoms with Gasteiger partial charge in [0, 0.05) is 11.5 Å². The van der Waals surface area contributed by atoms with Crippen molar-refractivity contribution in [2.75, 3.05) is 18.5 Å². The zero-order valence-corrected chi connectivity index (χ0v) is 17.3. The zero-order valence-electron chi connectivity index (χ0n) is 17.3. The van der Waals surface area contributed by atoms with E-state index < -0.39 is 0 Å². The Morgan fingerprint density at radius 2 is 1.76 bits per heavy atom. The van der Waals surface area contributed by atoms with E-state index in [9.17, 15) is 0 Å². The molecule has 29 heavy (non-hydrogen) atoms. The number of hydrogen-bond acceptors (Lipinski definition) is 5. The molecule has 4 aromatic rings. The van der Waals surface area contributed by atoms with Crippen LogP contribution in [0.2, 0.25) is 0 Å². The fourth-order valence-electron chi connectivity index (χ4n) is 3.51. The average molecular weight is 390 g/mol. The quantitative estimate of drug-likeness (QED) is 0.472. The van der Waals surface area contributed by atoms with Crippen molar-refractivity contribution < 1.29 is 9.47 Å². The van der Waals surface area contributed by atoms with E-state index in [1.165, 1.54) is 0 Å². The molecule has 0 aliphatic heterocycles. The molecule has 0 aliphatic carbocycles. The van der Waals surface area contributed by atoms with Crippen molar-refractivity contribution in [1.82, 2.24) is 14.6 Å². The Morgan fingerprint density at radius 3 is 2.55 bits per heavy atom. The Kier molecular flexibility index (Phi) is 5.25. The molecule has 0 saturated heterocycles. The number of aryl methyl sites for hydroxylation is 1. The van der Waals surface area contributed by atoms with Gasteiger partial charge in [-0.1, -0.05) is 18.2 Å². The minimum atomic E-state index is 0.0345. The van der Waals surface area contributed by atoms with E-state index in [2.05, 4.69) is 35.5 Å². The van der Waals surface area contributed by atoms with Crippen molar-refractivity contribution in [2.45, 2.75) is 33.7 Å². The maximum atomic E-state index is 5.78. The fraction of sp³-hybridized carbons (Fsp3) is 0.304. The monoisotopic (exact) mass is 390 g/mol. The lowest BCUT2D eigenvalue weighted by Gasteiger charge is -2.19. The van der Waals surface area contributed by atoms with Crippen molar-refractivity contribution in [1.29, 1.82) is 0 Å². The summed E-state index contributed by atoms with van der Waals surface area (Å²) in [5.74, 6) is 2.37. The van der Waals surface area contributed by atoms with Gasteiger partial charge in [-0.2, -0.15) is 5.10 Å². The molecule has 0 spiro atoms. The molecule has 1 unspecified atom stereocenters. The first kappa shape index (κ1) is 19.1. The first-order chi connectivity index (χ1) is 14.1. The SMILES string of the molecule is CCOc1ccc(C(C)Nc2nc3cc(C)nn3c3ccccc23)cc1OCC. The molecule has 1 atom stereocenters. The van der Waals surface area contributed by atoms with Gasteiger partial charge >= 0.3 is 0 Å². The summed E-state index contributed by atoms with van der Waals surface area (Å²) in [6.45, 7) is 9.24. The van der Waals surface area contributed by atoms with Gasteiger partial charge in [0.2, 0.25) is 0 Å². The van der Waals surface area contributed by atoms with E-state index >= 15 is 0 Å². The van der Waals surface area contributed by atoms with Crippen LogP contribution >= 0.6 is 0 Å². The smallest absolute Gasteiger partial charge is 0.161 e. The Balaban J connectivity index is 1.71. The van der Waals surface area contributed by atoms with Gasteiger partial charge < -0.3 is 14.8 Å². The van der Waals surface area contributed by atoms with E-state index in [4.69, 9.17) is 14.5 Å². The first-order valence-electron chi connectivity index (χ1n) is 10.0. The molecule has 0 radical (unpaired) electrons. The predicted molar refractivity (Wildman–Crippen MR) is 116 cm³/mol. The van der Waals surface area contributed by atoms with E-state index in [1.807, 2.05) is 55.6 Å². The number of fused-ring (bicyclic) bond motifs is 3. The number of hydrogen-bond donors (Lipinski definition) is 1. The summed E-state index contributed by atoms with van der Waals surface area (Å²) in [6, 6.07) is 16.3. The summed E-state index contributed by atoms with van der Waals surface area (Å²) in [6.07, 6.45) is 0. The Hall–Kier alpha value is -3.28. The number of nitrogens with one attached hydrogen (secondary N) is 1. The first-order valence-corrected chi connectivity index (χ1v) is 10.0. The highest BCUT2D eigenvalue weighted by atomic mass is 16.5. The Bertz CT molecular complexity index is 1150. The average Bonchev–Trinajstić information content (AvgIpc) is 3.10. The molecule has 150 valence electrons. The third-order valence-electron chi connectivity index (χ3n) is 4.85. The lowest BCUT2D eigenvalue weighted by molar-refractivity contribution is 0.287. The van der Waals surface area contributed by atoms with Gasteiger partial charge in [-0.05, 0) is 57.5 Å². The van der Waals surface area contributed by atoms with Gasteiger partial charge in [0.1, 0.15) is 5.82 Å². The maximum absolute atomic E-state index is 5.78. The standard InChI is InChI=1S/C23H26N4O2/c1-5-28-20-12-11-17(14-21(20)29-6-2)16(4)24-23-18-9-7-8-10-19(18)27-22(25-23)13-15(3)26-27/h7-14,16H,5-6H2,1-4H3,(H,24,25). The van der Waals surface area contributed by atoms with Gasteiger partial charge in [0.05, 0.1) is 30.5 Å². The van der Waals surface area contributed by atoms with Gasteiger partial charge in [-0.25, -0.2) is 9.50 Å². The summed E-state index contributed by atoms with van der Waals surface area (Å²) in [5.41, 5.74) is 3.91. The number of nitrogens with zero attached hydrogens (tertiary/aromatic N) is 3. The van der Waals surface area contributed by atoms with Crippen LogP contribution in [0.15, 0.2) is 48.5 Å². The van der Waals surface area contributed by atoms with E-state index in [1.54, 1.807) is 0 Å². The second kappa shape index (κ2) is 7.99. The molecule has 0 amide bonds. The molecule has 2 aromatic heterocycles. The third kappa shape index (κ3) is 3.70. The molecule has 6 heteroatoms. The molecule has 2 aromatic carbocycles. The lowest BCUT2D eigenvalue weighted by atomic mass is 10.1. The zero-order chi connectivity index (χ0) is 20.4. The number of ether oxygens (including phenoxy) is 2. The minimum Gasteiger partial charge on any atom is -0.490 e. The van der Waals surface area contributed by atoms with E-state index in [0.717, 1.165) is 45.1 Å². The fourth-order valence-corrected chi connectivity index (χ4v) is 3.51. The van der Waals surface area contributed by atoms with Crippen LogP contribution in [0.1, 0.15) is 38.1 Å². The van der Waals surface area contributed by atoms with Crippen LogP contribution < -0.4 is 14.8 Å². The van der Waals surface area contributed by atoms with Crippen LogP contribution in [0.25, 0.3) is 16.6 Å². The number of benzene rings is 2. The molecular formula is C23H26N4O2. The van der Waals surface area contributed by atoms with E-state index in [0.29, 0.717) is 13.2 Å². The highest BCUT2D eigenvalue weighted by Gasteiger charge is 2.15. The van der Waals surface area contributed by atoms with Gasteiger partial charge in [0.15, 0.2) is 17.1 Å². The van der Waals surface area contributed by atoms with Crippen LogP contribution in [-0.4, -0.2) is 27.8 Å². The Morgan fingerprint density at radius 1 is 1.00 bits per heavy atom. The van der Waals surface area contributed by atoms with Crippen molar-refractivity contribution in [2.24, 2.45) is 0 Å². The highest BCUT2D eigenvalue weighted by Crippen LogP contribution is 2.33. The highest BCUT2D eigenvalue weighted by molar-refractivity contribution is 5.91. The molecule has 0 fully saturated rings. The molecule has 2 heterocycles. The predicted octanol–water partition coefficient (Wildman–Crippen LogP) is 5.16. The normalized spacial score (nSPS) is 12.3. The van der Waals surface area contributed by atoms with Crippen LogP contribution in [0.3, 0.4) is 0 Å². The molecule has 6 nitrogen and oxygen atoms in total. The summed E-state index contributed by atoms with van der Waals surface area (Å²) >= 11 is 0. The Labute approximate surface area is 170 Å². The summed E-state index contributed by atoms with van der Waals surface area (Å²) in [7, 11) is 0. The topological polar surface area (TPSA) is 60.7 Å². The second-order valence-corrected chi connectivity index (χ2v) is 6.97. The summed E-state index contributed by atoms with van der Waals surface area (Å²) in [5, 5.41) is 9.18. The molecule has 0 aliphatic rings. The number of rotatable bonds is 7. The molecule has 1 N–H and O–H groups in total. The van der Waals surface area contributed by atoms with Crippen LogP contribution in [-0.2, 0) is 0 Å². The number of para-hydroxylation sites is 1. The lowest BCUT2D eigenvalue weighted by Crippen LogP contribution is -2.10. The second-order valence-electron chi connectivity index (χ2n) is 6.97. The maximum Gasteiger partial charge on any atom is 0.161 e. The summed E-state index contributed by atoms with van der Waals surface area (Å²) in [4.78, 5) is 4.83. The molecule has 0 bridgehead atoms. The van der Waals surface area contributed by atoms with Crippen molar-refractivity contribution in [3.05, 3.63) is 59.8 Å². The van der Waals surface area contributed by atoms with Crippen LogP contribution in [0.4, 0.5) is 5.82 Å². The van der Waals surface area contributed by atoms with Crippen molar-refractivity contribution in [3.8, 4) is 11.5 Å². The van der Waals surface area contributed by atoms with Crippen molar-refractivity contribution >= 4 is 22.4 Å². The molecule has 4 rings (SSSR count). The number of aromatic nitrogens is 3. The van der Waals surface area contributed by atoms with Gasteiger partial charge in [-0.3, -0.25) is 0 Å². The number of anilines is 1. The van der Waals surface area contributed by atoms with Crippen molar-refractivity contribution in [3.63, 3.8) is 0 Å². The van der Waals surface area contributed by atoms with Crippen LogP contribution in [0, 0.1) is 6.92 Å². The largest absolute Gasteiger partial charge is 0.490 e. The van der Waals surface area contributed by atoms with Gasteiger partial charge in [-0.15, -0.1) is 0 Å². The summed E-state index contributed by atoms with van der Waals surface area (Å²) < 4.78 is 13.4. The third-order valence-corrected chi connectivity index (χ3v) is 4.85. The molecular weight excluding hydrogens is 364 g/mol.